The lowest BCUT2D eigenvalue weighted by Crippen LogP contribution is -2.10. The van der Waals surface area contributed by atoms with Gasteiger partial charge in [0.2, 0.25) is 5.91 Å². The number of thiazole rings is 1. The van der Waals surface area contributed by atoms with E-state index in [1.165, 1.54) is 11.3 Å². The van der Waals surface area contributed by atoms with Crippen LogP contribution in [0.1, 0.15) is 30.4 Å². The Labute approximate surface area is 126 Å². The van der Waals surface area contributed by atoms with Crippen LogP contribution in [0.5, 0.6) is 0 Å². The van der Waals surface area contributed by atoms with E-state index in [1.807, 2.05) is 25.3 Å². The highest BCUT2D eigenvalue weighted by molar-refractivity contribution is 7.13. The van der Waals surface area contributed by atoms with Crippen LogP contribution in [0.4, 0.5) is 10.8 Å². The number of nitrogens with zero attached hydrogens (tertiary/aromatic N) is 1. The lowest BCUT2D eigenvalue weighted by Gasteiger charge is -2.12. The van der Waals surface area contributed by atoms with E-state index < -0.39 is 0 Å². The second-order valence-electron chi connectivity index (χ2n) is 4.85. The van der Waals surface area contributed by atoms with Crippen LogP contribution in [-0.2, 0) is 4.79 Å². The van der Waals surface area contributed by atoms with Crippen LogP contribution in [0, 0.1) is 6.92 Å². The molecule has 20 heavy (non-hydrogen) atoms. The molecule has 4 nitrogen and oxygen atoms in total. The van der Waals surface area contributed by atoms with Crippen molar-refractivity contribution in [1.29, 1.82) is 0 Å². The first-order chi connectivity index (χ1) is 9.52. The minimum Gasteiger partial charge on any atom is -0.375 e. The topological polar surface area (TPSA) is 68.0 Å². The number of amides is 1. The van der Waals surface area contributed by atoms with Gasteiger partial charge in [-0.25, -0.2) is 4.98 Å². The maximum absolute atomic E-state index is 12.0. The summed E-state index contributed by atoms with van der Waals surface area (Å²) in [6.45, 7) is 3.92. The third-order valence-corrected chi connectivity index (χ3v) is 4.84. The molecule has 0 saturated carbocycles. The van der Waals surface area contributed by atoms with Crippen molar-refractivity contribution in [2.45, 2.75) is 26.2 Å². The summed E-state index contributed by atoms with van der Waals surface area (Å²) in [6, 6.07) is 1.96. The van der Waals surface area contributed by atoms with Gasteiger partial charge in [0.25, 0.3) is 0 Å². The number of hydrogen-bond donors (Lipinski definition) is 2. The highest BCUT2D eigenvalue weighted by Crippen LogP contribution is 2.44. The Hall–Kier alpha value is -1.59. The molecule has 0 saturated heterocycles. The zero-order valence-corrected chi connectivity index (χ0v) is 12.7. The van der Waals surface area contributed by atoms with Crippen molar-refractivity contribution in [1.82, 2.24) is 4.98 Å². The van der Waals surface area contributed by atoms with Crippen molar-refractivity contribution in [3.8, 4) is 11.3 Å². The van der Waals surface area contributed by atoms with Crippen molar-refractivity contribution in [3.05, 3.63) is 27.6 Å². The first kappa shape index (κ1) is 13.4. The van der Waals surface area contributed by atoms with Gasteiger partial charge in [0, 0.05) is 16.6 Å². The number of nitrogens with one attached hydrogen (secondary N) is 1. The summed E-state index contributed by atoms with van der Waals surface area (Å²) in [5.74, 6) is -0.0766. The Bertz CT molecular complexity index is 711. The molecule has 1 unspecified atom stereocenters. The molecule has 2 aromatic rings. The second-order valence-corrected chi connectivity index (χ2v) is 6.12. The second kappa shape index (κ2) is 4.75. The summed E-state index contributed by atoms with van der Waals surface area (Å²) in [6.07, 6.45) is 0.762. The molecule has 1 amide bonds. The molecule has 3 rings (SSSR count). The number of nitrogens with two attached hydrogens (primary N) is 1. The van der Waals surface area contributed by atoms with Crippen LogP contribution in [0.25, 0.3) is 11.3 Å². The van der Waals surface area contributed by atoms with E-state index in [-0.39, 0.29) is 11.8 Å². The standard InChI is InChI=1S/C14H14ClN3OS/c1-3-7-8-4-9(10-5-20-14(16)17-10)11(15)6(2)12(8)18-13(7)19/h4-5,7H,3H2,1-2H3,(H2,16,17)(H,18,19). The van der Waals surface area contributed by atoms with Crippen LogP contribution in [-0.4, -0.2) is 10.9 Å². The van der Waals surface area contributed by atoms with Crippen LogP contribution in [0.3, 0.4) is 0 Å². The lowest BCUT2D eigenvalue weighted by molar-refractivity contribution is -0.117. The number of rotatable bonds is 2. The van der Waals surface area contributed by atoms with Gasteiger partial charge in [-0.15, -0.1) is 11.3 Å². The number of benzene rings is 1. The summed E-state index contributed by atoms with van der Waals surface area (Å²) in [7, 11) is 0. The third-order valence-electron chi connectivity index (χ3n) is 3.68. The summed E-state index contributed by atoms with van der Waals surface area (Å²) in [5.41, 5.74) is 10.0. The number of halogens is 1. The molecule has 1 aromatic carbocycles. The van der Waals surface area contributed by atoms with Gasteiger partial charge >= 0.3 is 0 Å². The van der Waals surface area contributed by atoms with E-state index in [2.05, 4.69) is 10.3 Å². The Morgan fingerprint density at radius 1 is 1.55 bits per heavy atom. The van der Waals surface area contributed by atoms with E-state index in [4.69, 9.17) is 17.3 Å². The van der Waals surface area contributed by atoms with E-state index in [0.717, 1.165) is 34.5 Å². The number of carbonyl (C=O) groups is 1. The number of nitrogen functional groups attached to an aromatic ring is 1. The molecule has 6 heteroatoms. The van der Waals surface area contributed by atoms with E-state index >= 15 is 0 Å². The van der Waals surface area contributed by atoms with Gasteiger partial charge in [0.05, 0.1) is 16.6 Å². The number of carbonyl (C=O) groups excluding carboxylic acids is 1. The Kier molecular flexibility index (Phi) is 3.18. The minimum absolute atomic E-state index is 0.0385. The predicted octanol–water partition coefficient (Wildman–Crippen LogP) is 3.80. The molecule has 3 N–H and O–H groups in total. The van der Waals surface area contributed by atoms with Crippen LogP contribution in [0.2, 0.25) is 5.02 Å². The zero-order chi connectivity index (χ0) is 14.4. The quantitative estimate of drug-likeness (QED) is 0.886. The highest BCUT2D eigenvalue weighted by Gasteiger charge is 2.32. The molecule has 0 radical (unpaired) electrons. The van der Waals surface area contributed by atoms with Crippen LogP contribution >= 0.6 is 22.9 Å². The van der Waals surface area contributed by atoms with Gasteiger partial charge in [0.1, 0.15) is 0 Å². The van der Waals surface area contributed by atoms with Crippen LogP contribution in [0.15, 0.2) is 11.4 Å². The van der Waals surface area contributed by atoms with Crippen LogP contribution < -0.4 is 11.1 Å². The summed E-state index contributed by atoms with van der Waals surface area (Å²) in [5, 5.41) is 5.93. The molecule has 0 bridgehead atoms. The molecular formula is C14H14ClN3OS. The van der Waals surface area contributed by atoms with Gasteiger partial charge in [-0.1, -0.05) is 18.5 Å². The first-order valence-corrected chi connectivity index (χ1v) is 7.64. The molecule has 1 aliphatic heterocycles. The fourth-order valence-corrected chi connectivity index (χ4v) is 3.42. The molecule has 1 aliphatic rings. The zero-order valence-electron chi connectivity index (χ0n) is 11.2. The van der Waals surface area contributed by atoms with Crippen molar-refractivity contribution in [3.63, 3.8) is 0 Å². The summed E-state index contributed by atoms with van der Waals surface area (Å²) in [4.78, 5) is 16.3. The SMILES string of the molecule is CCC1C(=O)Nc2c1cc(-c1csc(N)n1)c(Cl)c2C. The highest BCUT2D eigenvalue weighted by atomic mass is 35.5. The Morgan fingerprint density at radius 3 is 2.90 bits per heavy atom. The maximum Gasteiger partial charge on any atom is 0.232 e. The third kappa shape index (κ3) is 1.89. The average molecular weight is 308 g/mol. The van der Waals surface area contributed by atoms with Crippen molar-refractivity contribution in [2.75, 3.05) is 11.1 Å². The number of hydrogen-bond acceptors (Lipinski definition) is 4. The molecule has 0 fully saturated rings. The maximum atomic E-state index is 12.0. The fraction of sp³-hybridized carbons (Fsp3) is 0.286. The Morgan fingerprint density at radius 2 is 2.30 bits per heavy atom. The van der Waals surface area contributed by atoms with Gasteiger partial charge in [-0.3, -0.25) is 4.79 Å². The van der Waals surface area contributed by atoms with Gasteiger partial charge in [0.15, 0.2) is 5.13 Å². The smallest absolute Gasteiger partial charge is 0.232 e. The average Bonchev–Trinajstić information content (AvgIpc) is 2.97. The molecule has 1 aromatic heterocycles. The first-order valence-electron chi connectivity index (χ1n) is 6.38. The van der Waals surface area contributed by atoms with Gasteiger partial charge in [-0.05, 0) is 30.5 Å². The predicted molar refractivity (Wildman–Crippen MR) is 83.4 cm³/mol. The van der Waals surface area contributed by atoms with Crippen molar-refractivity contribution >= 4 is 39.7 Å². The fourth-order valence-electron chi connectivity index (χ4n) is 2.61. The monoisotopic (exact) mass is 307 g/mol. The minimum atomic E-state index is -0.115. The Balaban J connectivity index is 2.22. The summed E-state index contributed by atoms with van der Waals surface area (Å²) >= 11 is 7.81. The number of fused-ring (bicyclic) bond motifs is 1. The number of aromatic nitrogens is 1. The number of anilines is 2. The van der Waals surface area contributed by atoms with Crippen molar-refractivity contribution < 1.29 is 4.79 Å². The molecular weight excluding hydrogens is 294 g/mol. The normalized spacial score (nSPS) is 17.1. The van der Waals surface area contributed by atoms with E-state index in [1.54, 1.807) is 0 Å². The molecule has 0 spiro atoms. The summed E-state index contributed by atoms with van der Waals surface area (Å²) < 4.78 is 0. The van der Waals surface area contributed by atoms with Gasteiger partial charge in [-0.2, -0.15) is 0 Å². The molecule has 104 valence electrons. The van der Waals surface area contributed by atoms with Gasteiger partial charge < -0.3 is 11.1 Å². The van der Waals surface area contributed by atoms with E-state index in [9.17, 15) is 4.79 Å². The molecule has 1 atom stereocenters. The largest absolute Gasteiger partial charge is 0.375 e. The van der Waals surface area contributed by atoms with E-state index in [0.29, 0.717) is 10.2 Å². The van der Waals surface area contributed by atoms with Crippen molar-refractivity contribution in [2.24, 2.45) is 0 Å². The lowest BCUT2D eigenvalue weighted by atomic mass is 9.93. The molecule has 2 heterocycles. The molecule has 0 aliphatic carbocycles.